The smallest absolute Gasteiger partial charge is 0.191 e. The number of halogens is 3. The summed E-state index contributed by atoms with van der Waals surface area (Å²) in [5, 5.41) is 10.4. The van der Waals surface area contributed by atoms with Gasteiger partial charge in [-0.05, 0) is 46.5 Å². The molecule has 0 radical (unpaired) electrons. The SMILES string of the molecule is CN=C(NCCc1cc(F)cc(F)c1)NCc1ccsc1.I. The van der Waals surface area contributed by atoms with Gasteiger partial charge in [-0.15, -0.1) is 24.0 Å². The topological polar surface area (TPSA) is 36.4 Å². The molecule has 2 aromatic rings. The second kappa shape index (κ2) is 9.73. The van der Waals surface area contributed by atoms with Crippen molar-refractivity contribution in [2.24, 2.45) is 4.99 Å². The number of hydrogen-bond acceptors (Lipinski definition) is 2. The van der Waals surface area contributed by atoms with Gasteiger partial charge in [-0.2, -0.15) is 11.3 Å². The maximum atomic E-state index is 13.1. The van der Waals surface area contributed by atoms with E-state index in [1.807, 2.05) is 11.4 Å². The van der Waals surface area contributed by atoms with Crippen molar-refractivity contribution in [1.29, 1.82) is 0 Å². The van der Waals surface area contributed by atoms with Crippen molar-refractivity contribution in [1.82, 2.24) is 10.6 Å². The molecule has 0 aliphatic carbocycles. The number of nitrogens with zero attached hydrogens (tertiary/aromatic N) is 1. The highest BCUT2D eigenvalue weighted by Crippen LogP contribution is 2.08. The highest BCUT2D eigenvalue weighted by atomic mass is 127. The van der Waals surface area contributed by atoms with E-state index in [4.69, 9.17) is 0 Å². The Labute approximate surface area is 149 Å². The Hall–Kier alpha value is -1.22. The largest absolute Gasteiger partial charge is 0.356 e. The minimum absolute atomic E-state index is 0. The molecule has 1 heterocycles. The summed E-state index contributed by atoms with van der Waals surface area (Å²) in [6, 6.07) is 5.59. The minimum atomic E-state index is -0.551. The number of benzene rings is 1. The molecule has 0 aliphatic heterocycles. The van der Waals surface area contributed by atoms with E-state index >= 15 is 0 Å². The molecule has 0 spiro atoms. The molecule has 0 unspecified atom stereocenters. The van der Waals surface area contributed by atoms with Crippen molar-refractivity contribution in [2.45, 2.75) is 13.0 Å². The lowest BCUT2D eigenvalue weighted by Crippen LogP contribution is -2.37. The zero-order valence-electron chi connectivity index (χ0n) is 12.1. The molecule has 0 bridgehead atoms. The maximum Gasteiger partial charge on any atom is 0.191 e. The number of nitrogens with one attached hydrogen (secondary N) is 2. The van der Waals surface area contributed by atoms with Gasteiger partial charge in [0.2, 0.25) is 0 Å². The van der Waals surface area contributed by atoms with Crippen LogP contribution in [0.25, 0.3) is 0 Å². The van der Waals surface area contributed by atoms with Crippen molar-refractivity contribution in [3.8, 4) is 0 Å². The van der Waals surface area contributed by atoms with Gasteiger partial charge in [0.05, 0.1) is 0 Å². The highest BCUT2D eigenvalue weighted by Gasteiger charge is 2.02. The van der Waals surface area contributed by atoms with E-state index in [2.05, 4.69) is 21.0 Å². The number of rotatable bonds is 5. The quantitative estimate of drug-likeness (QED) is 0.427. The average molecular weight is 437 g/mol. The molecule has 1 aromatic heterocycles. The Morgan fingerprint density at radius 3 is 2.45 bits per heavy atom. The van der Waals surface area contributed by atoms with Crippen LogP contribution in [0.2, 0.25) is 0 Å². The second-order valence-corrected chi connectivity index (χ2v) is 5.29. The van der Waals surface area contributed by atoms with Crippen LogP contribution in [-0.4, -0.2) is 19.6 Å². The molecule has 120 valence electrons. The third-order valence-corrected chi connectivity index (χ3v) is 3.62. The van der Waals surface area contributed by atoms with Gasteiger partial charge < -0.3 is 10.6 Å². The average Bonchev–Trinajstić information content (AvgIpc) is 2.94. The number of thiophene rings is 1. The summed E-state index contributed by atoms with van der Waals surface area (Å²) in [6.45, 7) is 1.24. The third-order valence-electron chi connectivity index (χ3n) is 2.89. The van der Waals surface area contributed by atoms with Crippen LogP contribution >= 0.6 is 35.3 Å². The molecule has 22 heavy (non-hydrogen) atoms. The van der Waals surface area contributed by atoms with Crippen molar-refractivity contribution in [3.63, 3.8) is 0 Å². The van der Waals surface area contributed by atoms with Crippen LogP contribution in [-0.2, 0) is 13.0 Å². The predicted octanol–water partition coefficient (Wildman–Crippen LogP) is 3.55. The molecule has 0 fully saturated rings. The van der Waals surface area contributed by atoms with Gasteiger partial charge in [-0.1, -0.05) is 0 Å². The third kappa shape index (κ3) is 6.27. The molecule has 2 N–H and O–H groups in total. The molecule has 0 atom stereocenters. The molecule has 0 saturated carbocycles. The van der Waals surface area contributed by atoms with Crippen molar-refractivity contribution < 1.29 is 8.78 Å². The molecule has 3 nitrogen and oxygen atoms in total. The number of guanidine groups is 1. The fraction of sp³-hybridized carbons (Fsp3) is 0.267. The van der Waals surface area contributed by atoms with E-state index in [0.717, 1.165) is 6.07 Å². The molecular weight excluding hydrogens is 419 g/mol. The number of aliphatic imine (C=N–C) groups is 1. The molecular formula is C15H18F2IN3S. The van der Waals surface area contributed by atoms with Crippen LogP contribution in [0.5, 0.6) is 0 Å². The van der Waals surface area contributed by atoms with Crippen molar-refractivity contribution in [3.05, 3.63) is 57.8 Å². The Kier molecular flexibility index (Phi) is 8.32. The maximum absolute atomic E-state index is 13.1. The summed E-state index contributed by atoms with van der Waals surface area (Å²) in [5.41, 5.74) is 1.81. The van der Waals surface area contributed by atoms with Gasteiger partial charge in [0.1, 0.15) is 11.6 Å². The Bertz CT molecular complexity index is 583. The van der Waals surface area contributed by atoms with E-state index in [-0.39, 0.29) is 24.0 Å². The lowest BCUT2D eigenvalue weighted by Gasteiger charge is -2.11. The van der Waals surface area contributed by atoms with E-state index < -0.39 is 11.6 Å². The minimum Gasteiger partial charge on any atom is -0.356 e. The van der Waals surface area contributed by atoms with Crippen LogP contribution in [0.4, 0.5) is 8.78 Å². The second-order valence-electron chi connectivity index (χ2n) is 4.51. The van der Waals surface area contributed by atoms with Gasteiger partial charge in [0.15, 0.2) is 5.96 Å². The Morgan fingerprint density at radius 1 is 1.14 bits per heavy atom. The standard InChI is InChI=1S/C15H17F2N3S.HI/c1-18-15(20-9-12-3-5-21-10-12)19-4-2-11-6-13(16)8-14(17)7-11;/h3,5-8,10H,2,4,9H2,1H3,(H2,18,19,20);1H. The number of hydrogen-bond donors (Lipinski definition) is 2. The molecule has 7 heteroatoms. The first-order chi connectivity index (χ1) is 10.2. The van der Waals surface area contributed by atoms with Crippen LogP contribution in [0.15, 0.2) is 40.0 Å². The first-order valence-electron chi connectivity index (χ1n) is 6.58. The first-order valence-corrected chi connectivity index (χ1v) is 7.52. The van der Waals surface area contributed by atoms with Crippen LogP contribution in [0.1, 0.15) is 11.1 Å². The molecule has 2 rings (SSSR count). The van der Waals surface area contributed by atoms with Crippen LogP contribution in [0, 0.1) is 11.6 Å². The van der Waals surface area contributed by atoms with E-state index in [1.54, 1.807) is 18.4 Å². The van der Waals surface area contributed by atoms with Crippen LogP contribution in [0.3, 0.4) is 0 Å². The fourth-order valence-corrected chi connectivity index (χ4v) is 2.55. The van der Waals surface area contributed by atoms with Gasteiger partial charge in [-0.3, -0.25) is 4.99 Å². The van der Waals surface area contributed by atoms with E-state index in [9.17, 15) is 8.78 Å². The van der Waals surface area contributed by atoms with Crippen molar-refractivity contribution >= 4 is 41.3 Å². The summed E-state index contributed by atoms with van der Waals surface area (Å²) in [4.78, 5) is 4.10. The van der Waals surface area contributed by atoms with Gasteiger partial charge in [-0.25, -0.2) is 8.78 Å². The zero-order valence-corrected chi connectivity index (χ0v) is 15.3. The van der Waals surface area contributed by atoms with E-state index in [1.165, 1.54) is 17.7 Å². The first kappa shape index (κ1) is 18.8. The lowest BCUT2D eigenvalue weighted by molar-refractivity contribution is 0.579. The normalized spacial score (nSPS) is 11.0. The molecule has 0 amide bonds. The zero-order chi connectivity index (χ0) is 15.1. The summed E-state index contributed by atoms with van der Waals surface area (Å²) >= 11 is 1.65. The Morgan fingerprint density at radius 2 is 1.86 bits per heavy atom. The summed E-state index contributed by atoms with van der Waals surface area (Å²) in [6.07, 6.45) is 0.522. The summed E-state index contributed by atoms with van der Waals surface area (Å²) in [5.74, 6) is -0.437. The molecule has 0 aliphatic rings. The van der Waals surface area contributed by atoms with E-state index in [0.29, 0.717) is 31.0 Å². The molecule has 0 saturated heterocycles. The monoisotopic (exact) mass is 437 g/mol. The van der Waals surface area contributed by atoms with Gasteiger partial charge in [0.25, 0.3) is 0 Å². The fourth-order valence-electron chi connectivity index (χ4n) is 1.88. The van der Waals surface area contributed by atoms with Gasteiger partial charge in [0, 0.05) is 26.2 Å². The van der Waals surface area contributed by atoms with Crippen molar-refractivity contribution in [2.75, 3.05) is 13.6 Å². The van der Waals surface area contributed by atoms with Gasteiger partial charge >= 0.3 is 0 Å². The predicted molar refractivity (Wildman–Crippen MR) is 98.0 cm³/mol. The van der Waals surface area contributed by atoms with Crippen LogP contribution < -0.4 is 10.6 Å². The molecule has 1 aromatic carbocycles. The highest BCUT2D eigenvalue weighted by molar-refractivity contribution is 14.0. The summed E-state index contributed by atoms with van der Waals surface area (Å²) in [7, 11) is 1.69. The summed E-state index contributed by atoms with van der Waals surface area (Å²) < 4.78 is 26.1. The Balaban J connectivity index is 0.00000242. The lowest BCUT2D eigenvalue weighted by atomic mass is 10.1.